The Bertz CT molecular complexity index is 872. The molecule has 0 spiro atoms. The Morgan fingerprint density at radius 3 is 2.61 bits per heavy atom. The third-order valence-corrected chi connectivity index (χ3v) is 3.90. The first-order chi connectivity index (χ1) is 11.2. The Kier molecular flexibility index (Phi) is 4.15. The summed E-state index contributed by atoms with van der Waals surface area (Å²) in [5.74, 6) is -0.189. The number of methoxy groups -OCH3 is 1. The van der Waals surface area contributed by atoms with Crippen molar-refractivity contribution in [2.75, 3.05) is 12.4 Å². The highest BCUT2D eigenvalue weighted by molar-refractivity contribution is 7.13. The molecule has 0 amide bonds. The third-order valence-electron chi connectivity index (χ3n) is 3.02. The van der Waals surface area contributed by atoms with Crippen LogP contribution in [-0.4, -0.2) is 28.3 Å². The lowest BCUT2D eigenvalue weighted by molar-refractivity contribution is 0.0601. The number of aromatic amines is 1. The van der Waals surface area contributed by atoms with Crippen molar-refractivity contribution in [2.45, 2.75) is 0 Å². The van der Waals surface area contributed by atoms with Crippen LogP contribution in [0.2, 0.25) is 0 Å². The highest BCUT2D eigenvalue weighted by Crippen LogP contribution is 2.19. The lowest BCUT2D eigenvalue weighted by Crippen LogP contribution is -2.15. The second kappa shape index (κ2) is 6.41. The van der Waals surface area contributed by atoms with Gasteiger partial charge in [-0.3, -0.25) is 9.78 Å². The first-order valence-electron chi connectivity index (χ1n) is 6.63. The zero-order valence-corrected chi connectivity index (χ0v) is 12.9. The molecule has 0 unspecified atom stereocenters. The van der Waals surface area contributed by atoms with Gasteiger partial charge in [-0.25, -0.2) is 4.79 Å². The number of ether oxygens (including phenoxy) is 1. The maximum absolute atomic E-state index is 12.1. The minimum absolute atomic E-state index is 0.223. The average molecular weight is 328 g/mol. The summed E-state index contributed by atoms with van der Waals surface area (Å²) >= 11 is 1.42. The van der Waals surface area contributed by atoms with Crippen LogP contribution in [0.5, 0.6) is 0 Å². The summed E-state index contributed by atoms with van der Waals surface area (Å²) in [5.41, 5.74) is 1.06. The van der Waals surface area contributed by atoms with Crippen molar-refractivity contribution in [3.8, 4) is 10.6 Å². The molecule has 3 aromatic rings. The Hall–Kier alpha value is -3.00. The van der Waals surface area contributed by atoms with Crippen molar-refractivity contribution in [1.29, 1.82) is 0 Å². The van der Waals surface area contributed by atoms with Crippen LogP contribution in [0.15, 0.2) is 46.6 Å². The molecule has 0 bridgehead atoms. The van der Waals surface area contributed by atoms with E-state index in [1.807, 2.05) is 17.5 Å². The summed E-state index contributed by atoms with van der Waals surface area (Å²) < 4.78 is 4.63. The number of benzene rings is 1. The molecule has 0 atom stereocenters. The molecule has 0 radical (unpaired) electrons. The summed E-state index contributed by atoms with van der Waals surface area (Å²) in [7, 11) is 1.32. The van der Waals surface area contributed by atoms with Gasteiger partial charge in [-0.05, 0) is 35.7 Å². The van der Waals surface area contributed by atoms with Crippen LogP contribution in [0.4, 0.5) is 11.6 Å². The van der Waals surface area contributed by atoms with E-state index in [0.29, 0.717) is 11.3 Å². The monoisotopic (exact) mass is 328 g/mol. The number of nitrogens with one attached hydrogen (secondary N) is 2. The quantitative estimate of drug-likeness (QED) is 0.714. The van der Waals surface area contributed by atoms with Gasteiger partial charge in [0.15, 0.2) is 5.69 Å². The highest BCUT2D eigenvalue weighted by Gasteiger charge is 2.09. The Morgan fingerprint density at radius 1 is 1.22 bits per heavy atom. The number of hydrogen-bond donors (Lipinski definition) is 2. The Morgan fingerprint density at radius 2 is 2.00 bits per heavy atom. The molecule has 23 heavy (non-hydrogen) atoms. The fraction of sp³-hybridized carbons (Fsp3) is 0.0667. The van der Waals surface area contributed by atoms with Gasteiger partial charge in [0.05, 0.1) is 17.6 Å². The average Bonchev–Trinajstić information content (AvgIpc) is 3.09. The molecule has 0 aliphatic rings. The van der Waals surface area contributed by atoms with E-state index in [0.717, 1.165) is 4.88 Å². The molecule has 1 aromatic carbocycles. The largest absolute Gasteiger partial charge is 0.465 e. The predicted octanol–water partition coefficient (Wildman–Crippen LogP) is 2.42. The molecule has 116 valence electrons. The second-order valence-corrected chi connectivity index (χ2v) is 5.47. The van der Waals surface area contributed by atoms with Crippen LogP contribution in [0, 0.1) is 0 Å². The molecule has 8 heteroatoms. The van der Waals surface area contributed by atoms with Crippen LogP contribution in [0.25, 0.3) is 10.6 Å². The van der Waals surface area contributed by atoms with Gasteiger partial charge in [-0.2, -0.15) is 0 Å². The summed E-state index contributed by atoms with van der Waals surface area (Å²) in [4.78, 5) is 26.8. The van der Waals surface area contributed by atoms with E-state index in [1.54, 1.807) is 24.3 Å². The molecular weight excluding hydrogens is 316 g/mol. The van der Waals surface area contributed by atoms with Crippen molar-refractivity contribution in [3.05, 3.63) is 57.7 Å². The Labute approximate surface area is 135 Å². The third kappa shape index (κ3) is 3.27. The van der Waals surface area contributed by atoms with E-state index in [2.05, 4.69) is 25.2 Å². The molecule has 0 aliphatic carbocycles. The summed E-state index contributed by atoms with van der Waals surface area (Å²) in [6, 6.07) is 10.2. The number of thiophene rings is 1. The smallest absolute Gasteiger partial charge is 0.337 e. The molecule has 2 heterocycles. The number of anilines is 2. The molecule has 2 aromatic heterocycles. The highest BCUT2D eigenvalue weighted by atomic mass is 32.1. The second-order valence-electron chi connectivity index (χ2n) is 4.52. The molecule has 3 rings (SSSR count). The van der Waals surface area contributed by atoms with Gasteiger partial charge in [0.2, 0.25) is 5.95 Å². The predicted molar refractivity (Wildman–Crippen MR) is 87.0 cm³/mol. The standard InChI is InChI=1S/C15H12N4O3S/c1-22-14(21)9-4-6-10(7-5-9)16-15-17-13(20)12(18-19-15)11-3-2-8-23-11/h2-8H,1H3,(H2,16,17,19,20). The van der Waals surface area contributed by atoms with Gasteiger partial charge in [-0.1, -0.05) is 6.07 Å². The van der Waals surface area contributed by atoms with E-state index in [-0.39, 0.29) is 17.2 Å². The number of rotatable bonds is 4. The van der Waals surface area contributed by atoms with E-state index < -0.39 is 5.97 Å². The van der Waals surface area contributed by atoms with Crippen LogP contribution < -0.4 is 10.9 Å². The summed E-state index contributed by atoms with van der Waals surface area (Å²) in [6.07, 6.45) is 0. The van der Waals surface area contributed by atoms with E-state index in [9.17, 15) is 9.59 Å². The number of nitrogens with zero attached hydrogens (tertiary/aromatic N) is 2. The summed E-state index contributed by atoms with van der Waals surface area (Å²) in [5, 5.41) is 12.7. The van der Waals surface area contributed by atoms with Crippen molar-refractivity contribution < 1.29 is 9.53 Å². The van der Waals surface area contributed by atoms with Crippen LogP contribution >= 0.6 is 11.3 Å². The number of hydrogen-bond acceptors (Lipinski definition) is 7. The maximum atomic E-state index is 12.1. The number of esters is 1. The topological polar surface area (TPSA) is 97.0 Å². The molecule has 0 saturated heterocycles. The maximum Gasteiger partial charge on any atom is 0.337 e. The fourth-order valence-corrected chi connectivity index (χ4v) is 2.62. The molecule has 0 aliphatic heterocycles. The van der Waals surface area contributed by atoms with Crippen LogP contribution in [0.1, 0.15) is 10.4 Å². The Balaban J connectivity index is 1.79. The zero-order chi connectivity index (χ0) is 16.2. The fourth-order valence-electron chi connectivity index (χ4n) is 1.91. The van der Waals surface area contributed by atoms with Crippen molar-refractivity contribution in [3.63, 3.8) is 0 Å². The van der Waals surface area contributed by atoms with Crippen LogP contribution in [0.3, 0.4) is 0 Å². The van der Waals surface area contributed by atoms with Crippen molar-refractivity contribution in [1.82, 2.24) is 15.2 Å². The minimum atomic E-state index is -0.412. The number of carbonyl (C=O) groups is 1. The lowest BCUT2D eigenvalue weighted by atomic mass is 10.2. The first-order valence-corrected chi connectivity index (χ1v) is 7.51. The van der Waals surface area contributed by atoms with Gasteiger partial charge in [0, 0.05) is 5.69 Å². The van der Waals surface area contributed by atoms with Gasteiger partial charge in [0.1, 0.15) is 0 Å². The molecular formula is C15H12N4O3S. The van der Waals surface area contributed by atoms with E-state index in [4.69, 9.17) is 0 Å². The van der Waals surface area contributed by atoms with E-state index >= 15 is 0 Å². The van der Waals surface area contributed by atoms with Crippen LogP contribution in [-0.2, 0) is 4.74 Å². The first kappa shape index (κ1) is 14.9. The van der Waals surface area contributed by atoms with Crippen molar-refractivity contribution in [2.24, 2.45) is 0 Å². The molecule has 7 nitrogen and oxygen atoms in total. The number of carbonyl (C=O) groups excluding carboxylic acids is 1. The number of aromatic nitrogens is 3. The molecule has 0 fully saturated rings. The lowest BCUT2D eigenvalue weighted by Gasteiger charge is -2.06. The normalized spacial score (nSPS) is 10.3. The van der Waals surface area contributed by atoms with Crippen molar-refractivity contribution >= 4 is 28.9 Å². The number of H-pyrrole nitrogens is 1. The van der Waals surface area contributed by atoms with Gasteiger partial charge in [0.25, 0.3) is 5.56 Å². The van der Waals surface area contributed by atoms with E-state index in [1.165, 1.54) is 18.4 Å². The van der Waals surface area contributed by atoms with Gasteiger partial charge < -0.3 is 10.1 Å². The molecule has 0 saturated carbocycles. The SMILES string of the molecule is COC(=O)c1ccc(Nc2nnc(-c3cccs3)c(=O)[nH]2)cc1. The van der Waals surface area contributed by atoms with Gasteiger partial charge >= 0.3 is 5.97 Å². The minimum Gasteiger partial charge on any atom is -0.465 e. The molecule has 2 N–H and O–H groups in total. The summed E-state index contributed by atoms with van der Waals surface area (Å²) in [6.45, 7) is 0. The zero-order valence-electron chi connectivity index (χ0n) is 12.1. The van der Waals surface area contributed by atoms with Gasteiger partial charge in [-0.15, -0.1) is 21.5 Å².